The van der Waals surface area contributed by atoms with Gasteiger partial charge in [0.15, 0.2) is 0 Å². The van der Waals surface area contributed by atoms with Crippen LogP contribution in [0.4, 0.5) is 0 Å². The van der Waals surface area contributed by atoms with Gasteiger partial charge in [0.25, 0.3) is 0 Å². The summed E-state index contributed by atoms with van der Waals surface area (Å²) in [5.41, 5.74) is 1.99. The van der Waals surface area contributed by atoms with Crippen LogP contribution >= 0.6 is 0 Å². The van der Waals surface area contributed by atoms with Gasteiger partial charge in [0, 0.05) is 31.8 Å². The predicted octanol–water partition coefficient (Wildman–Crippen LogP) is 2.77. The van der Waals surface area contributed by atoms with Gasteiger partial charge >= 0.3 is 0 Å². The number of aryl methyl sites for hydroxylation is 1. The zero-order valence-corrected chi connectivity index (χ0v) is 14.3. The number of nitrogens with zero attached hydrogens (tertiary/aromatic N) is 4. The van der Waals surface area contributed by atoms with Gasteiger partial charge in [-0.1, -0.05) is 12.1 Å². The molecule has 0 spiro atoms. The second kappa shape index (κ2) is 7.09. The number of H-pyrrole nitrogens is 1. The Kier molecular flexibility index (Phi) is 4.50. The third-order valence-corrected chi connectivity index (χ3v) is 4.92. The minimum Gasteiger partial charge on any atom is -0.342 e. The van der Waals surface area contributed by atoms with E-state index in [9.17, 15) is 4.79 Å². The minimum atomic E-state index is 0.220. The first-order valence-corrected chi connectivity index (χ1v) is 9.00. The molecule has 1 aliphatic rings. The molecule has 1 saturated heterocycles. The second-order valence-electron chi connectivity index (χ2n) is 6.67. The first-order chi connectivity index (χ1) is 12.3. The number of likely N-dealkylation sites (tertiary alicyclic amines) is 1. The van der Waals surface area contributed by atoms with Crippen LogP contribution in [-0.2, 0) is 17.8 Å². The van der Waals surface area contributed by atoms with Crippen molar-refractivity contribution >= 4 is 16.9 Å². The van der Waals surface area contributed by atoms with Crippen molar-refractivity contribution in [3.05, 3.63) is 48.5 Å². The number of aromatic nitrogens is 4. The van der Waals surface area contributed by atoms with Crippen LogP contribution in [-0.4, -0.2) is 43.1 Å². The standard InChI is InChI=1S/C19H23N5O/c25-19(10-9-18-21-16-7-1-2-8-17(16)22-18)24-13-4-3-6-15(24)14-23-12-5-11-20-23/h1-2,5,7-8,11-12,15H,3-4,6,9-10,13-14H2,(H,21,22). The molecule has 1 aliphatic heterocycles. The van der Waals surface area contributed by atoms with Crippen LogP contribution in [0.1, 0.15) is 31.5 Å². The number of aromatic amines is 1. The van der Waals surface area contributed by atoms with Crippen molar-refractivity contribution in [3.8, 4) is 0 Å². The maximum absolute atomic E-state index is 12.8. The summed E-state index contributed by atoms with van der Waals surface area (Å²) in [5, 5.41) is 4.29. The molecule has 2 aromatic heterocycles. The zero-order chi connectivity index (χ0) is 17.1. The molecule has 6 nitrogen and oxygen atoms in total. The molecule has 4 rings (SSSR count). The molecule has 1 atom stereocenters. The van der Waals surface area contributed by atoms with E-state index in [1.807, 2.05) is 46.1 Å². The zero-order valence-electron chi connectivity index (χ0n) is 14.3. The minimum absolute atomic E-state index is 0.220. The van der Waals surface area contributed by atoms with Gasteiger partial charge < -0.3 is 9.88 Å². The van der Waals surface area contributed by atoms with Crippen molar-refractivity contribution < 1.29 is 4.79 Å². The normalized spacial score (nSPS) is 17.9. The average molecular weight is 337 g/mol. The summed E-state index contributed by atoms with van der Waals surface area (Å²) in [5.74, 6) is 1.10. The van der Waals surface area contributed by atoms with E-state index in [1.54, 1.807) is 6.20 Å². The number of imidazole rings is 1. The Bertz CT molecular complexity index is 806. The van der Waals surface area contributed by atoms with Crippen LogP contribution < -0.4 is 0 Å². The van der Waals surface area contributed by atoms with Gasteiger partial charge in [-0.05, 0) is 37.5 Å². The molecule has 1 amide bonds. The quantitative estimate of drug-likeness (QED) is 0.778. The Labute approximate surface area is 146 Å². The highest BCUT2D eigenvalue weighted by Gasteiger charge is 2.26. The molecule has 1 fully saturated rings. The molecule has 0 aliphatic carbocycles. The molecule has 130 valence electrons. The summed E-state index contributed by atoms with van der Waals surface area (Å²) in [6.45, 7) is 1.63. The number of carbonyl (C=O) groups is 1. The van der Waals surface area contributed by atoms with Gasteiger partial charge in [0.05, 0.1) is 23.6 Å². The summed E-state index contributed by atoms with van der Waals surface area (Å²) >= 11 is 0. The van der Waals surface area contributed by atoms with Gasteiger partial charge in [-0.3, -0.25) is 9.48 Å². The molecule has 0 bridgehead atoms. The number of carbonyl (C=O) groups excluding carboxylic acids is 1. The molecular formula is C19H23N5O. The highest BCUT2D eigenvalue weighted by atomic mass is 16.2. The first kappa shape index (κ1) is 15.9. The van der Waals surface area contributed by atoms with Crippen molar-refractivity contribution in [2.45, 2.75) is 44.7 Å². The van der Waals surface area contributed by atoms with Crippen molar-refractivity contribution in [1.29, 1.82) is 0 Å². The summed E-state index contributed by atoms with van der Waals surface area (Å²) in [7, 11) is 0. The van der Waals surface area contributed by atoms with Crippen LogP contribution in [0, 0.1) is 0 Å². The molecule has 3 aromatic rings. The summed E-state index contributed by atoms with van der Waals surface area (Å²) in [6.07, 6.45) is 8.22. The topological polar surface area (TPSA) is 66.8 Å². The molecule has 0 radical (unpaired) electrons. The number of hydrogen-bond donors (Lipinski definition) is 1. The second-order valence-corrected chi connectivity index (χ2v) is 6.67. The fraction of sp³-hybridized carbons (Fsp3) is 0.421. The van der Waals surface area contributed by atoms with Gasteiger partial charge in [0.1, 0.15) is 5.82 Å². The lowest BCUT2D eigenvalue weighted by molar-refractivity contribution is -0.135. The first-order valence-electron chi connectivity index (χ1n) is 9.00. The lowest BCUT2D eigenvalue weighted by atomic mass is 10.0. The highest BCUT2D eigenvalue weighted by Crippen LogP contribution is 2.20. The highest BCUT2D eigenvalue weighted by molar-refractivity contribution is 5.77. The van der Waals surface area contributed by atoms with Crippen molar-refractivity contribution in [2.75, 3.05) is 6.54 Å². The molecule has 1 aromatic carbocycles. The molecule has 0 saturated carbocycles. The van der Waals surface area contributed by atoms with Crippen LogP contribution in [0.5, 0.6) is 0 Å². The molecule has 3 heterocycles. The Morgan fingerprint density at radius 1 is 1.24 bits per heavy atom. The van der Waals surface area contributed by atoms with Crippen LogP contribution in [0.25, 0.3) is 11.0 Å². The number of para-hydroxylation sites is 2. The maximum Gasteiger partial charge on any atom is 0.223 e. The number of amides is 1. The number of fused-ring (bicyclic) bond motifs is 1. The van der Waals surface area contributed by atoms with E-state index in [0.29, 0.717) is 12.8 Å². The molecule has 1 unspecified atom stereocenters. The monoisotopic (exact) mass is 337 g/mol. The van der Waals surface area contributed by atoms with E-state index in [0.717, 1.165) is 42.8 Å². The van der Waals surface area contributed by atoms with Gasteiger partial charge in [-0.25, -0.2) is 4.98 Å². The van der Waals surface area contributed by atoms with Crippen molar-refractivity contribution in [2.24, 2.45) is 0 Å². The Hall–Kier alpha value is -2.63. The summed E-state index contributed by atoms with van der Waals surface area (Å²) in [4.78, 5) is 22.7. The summed E-state index contributed by atoms with van der Waals surface area (Å²) < 4.78 is 1.93. The lowest BCUT2D eigenvalue weighted by Crippen LogP contribution is -2.46. The molecular weight excluding hydrogens is 314 g/mol. The summed E-state index contributed by atoms with van der Waals surface area (Å²) in [6, 6.07) is 10.1. The number of hydrogen-bond acceptors (Lipinski definition) is 3. The predicted molar refractivity (Wildman–Crippen MR) is 96.0 cm³/mol. The Balaban J connectivity index is 1.39. The Morgan fingerprint density at radius 3 is 3.00 bits per heavy atom. The van der Waals surface area contributed by atoms with Crippen LogP contribution in [0.15, 0.2) is 42.7 Å². The number of nitrogens with one attached hydrogen (secondary N) is 1. The van der Waals surface area contributed by atoms with E-state index >= 15 is 0 Å². The average Bonchev–Trinajstić information content (AvgIpc) is 3.29. The number of benzene rings is 1. The van der Waals surface area contributed by atoms with Crippen LogP contribution in [0.3, 0.4) is 0 Å². The molecule has 25 heavy (non-hydrogen) atoms. The van der Waals surface area contributed by atoms with Crippen LogP contribution in [0.2, 0.25) is 0 Å². The van der Waals surface area contributed by atoms with E-state index in [1.165, 1.54) is 6.42 Å². The number of piperidine rings is 1. The van der Waals surface area contributed by atoms with E-state index in [4.69, 9.17) is 0 Å². The third-order valence-electron chi connectivity index (χ3n) is 4.92. The number of rotatable bonds is 5. The molecule has 6 heteroatoms. The SMILES string of the molecule is O=C(CCc1nc2ccccc2[nH]1)N1CCCCC1Cn1cccn1. The largest absolute Gasteiger partial charge is 0.342 e. The Morgan fingerprint density at radius 2 is 2.16 bits per heavy atom. The molecule has 1 N–H and O–H groups in total. The fourth-order valence-corrected chi connectivity index (χ4v) is 3.64. The van der Waals surface area contributed by atoms with E-state index < -0.39 is 0 Å². The van der Waals surface area contributed by atoms with E-state index in [-0.39, 0.29) is 11.9 Å². The van der Waals surface area contributed by atoms with Gasteiger partial charge in [0.2, 0.25) is 5.91 Å². The maximum atomic E-state index is 12.8. The fourth-order valence-electron chi connectivity index (χ4n) is 3.64. The van der Waals surface area contributed by atoms with E-state index in [2.05, 4.69) is 15.1 Å². The van der Waals surface area contributed by atoms with Gasteiger partial charge in [-0.15, -0.1) is 0 Å². The van der Waals surface area contributed by atoms with Crippen molar-refractivity contribution in [3.63, 3.8) is 0 Å². The van der Waals surface area contributed by atoms with Gasteiger partial charge in [-0.2, -0.15) is 5.10 Å². The smallest absolute Gasteiger partial charge is 0.223 e. The van der Waals surface area contributed by atoms with Crippen molar-refractivity contribution in [1.82, 2.24) is 24.6 Å². The third kappa shape index (κ3) is 3.57. The lowest BCUT2D eigenvalue weighted by Gasteiger charge is -2.35.